The Morgan fingerprint density at radius 2 is 2.07 bits per heavy atom. The molecule has 1 aromatic carbocycles. The Hall–Kier alpha value is -1.71. The third-order valence-corrected chi connectivity index (χ3v) is 1.57. The average Bonchev–Trinajstić information content (AvgIpc) is 2.07. The molecule has 0 bridgehead atoms. The third-order valence-electron chi connectivity index (χ3n) is 1.57. The zero-order valence-corrected chi connectivity index (χ0v) is 8.02. The normalized spacial score (nSPS) is 10.2. The molecule has 0 fully saturated rings. The highest BCUT2D eigenvalue weighted by Crippen LogP contribution is 2.27. The first-order valence-corrected chi connectivity index (χ1v) is 4.23. The number of ether oxygens (including phenoxy) is 1. The molecule has 0 aliphatic heterocycles. The summed E-state index contributed by atoms with van der Waals surface area (Å²) in [5, 5.41) is 18.0. The predicted molar refractivity (Wildman–Crippen MR) is 50.8 cm³/mol. The van der Waals surface area contributed by atoms with Crippen LogP contribution in [-0.2, 0) is 0 Å². The van der Waals surface area contributed by atoms with Gasteiger partial charge in [0.05, 0.1) is 11.7 Å². The largest absolute Gasteiger partial charge is 0.504 e. The molecule has 0 heterocycles. The number of aromatic hydroxyl groups is 1. The van der Waals surface area contributed by atoms with E-state index in [1.165, 1.54) is 18.2 Å². The summed E-state index contributed by atoms with van der Waals surface area (Å²) >= 11 is 0. The molecule has 0 aromatic heterocycles. The van der Waals surface area contributed by atoms with Crippen LogP contribution in [0.15, 0.2) is 18.2 Å². The monoisotopic (exact) mass is 196 g/mol. The number of carbonyl (C=O) groups is 1. The van der Waals surface area contributed by atoms with Crippen molar-refractivity contribution >= 4 is 5.97 Å². The topological polar surface area (TPSA) is 66.8 Å². The number of aromatic carboxylic acids is 1. The van der Waals surface area contributed by atoms with Crippen molar-refractivity contribution in [2.75, 3.05) is 0 Å². The fourth-order valence-corrected chi connectivity index (χ4v) is 0.995. The molecule has 0 unspecified atom stereocenters. The molecule has 0 atom stereocenters. The number of rotatable bonds is 3. The lowest BCUT2D eigenvalue weighted by molar-refractivity contribution is 0.0696. The number of hydrogen-bond donors (Lipinski definition) is 2. The maximum absolute atomic E-state index is 10.6. The molecule has 0 aliphatic rings. The summed E-state index contributed by atoms with van der Waals surface area (Å²) in [7, 11) is 0. The van der Waals surface area contributed by atoms with Crippen LogP contribution in [-0.4, -0.2) is 22.3 Å². The summed E-state index contributed by atoms with van der Waals surface area (Å²) in [6, 6.07) is 3.93. The zero-order valence-electron chi connectivity index (χ0n) is 8.02. The molecule has 0 radical (unpaired) electrons. The van der Waals surface area contributed by atoms with Crippen molar-refractivity contribution in [3.63, 3.8) is 0 Å². The average molecular weight is 196 g/mol. The highest BCUT2D eigenvalue weighted by molar-refractivity contribution is 5.88. The van der Waals surface area contributed by atoms with E-state index in [2.05, 4.69) is 0 Å². The molecular formula is C10H12O4. The van der Waals surface area contributed by atoms with Crippen LogP contribution in [0.1, 0.15) is 24.2 Å². The molecule has 4 nitrogen and oxygen atoms in total. The van der Waals surface area contributed by atoms with Crippen LogP contribution in [0.2, 0.25) is 0 Å². The van der Waals surface area contributed by atoms with Gasteiger partial charge < -0.3 is 14.9 Å². The van der Waals surface area contributed by atoms with Crippen molar-refractivity contribution in [3.05, 3.63) is 23.8 Å². The minimum absolute atomic E-state index is 0.0521. The van der Waals surface area contributed by atoms with Gasteiger partial charge in [-0.15, -0.1) is 0 Å². The van der Waals surface area contributed by atoms with Gasteiger partial charge in [0.1, 0.15) is 0 Å². The molecule has 14 heavy (non-hydrogen) atoms. The van der Waals surface area contributed by atoms with Crippen molar-refractivity contribution in [2.45, 2.75) is 20.0 Å². The summed E-state index contributed by atoms with van der Waals surface area (Å²) in [6.45, 7) is 3.60. The van der Waals surface area contributed by atoms with Gasteiger partial charge in [0.25, 0.3) is 0 Å². The molecule has 1 rings (SSSR count). The molecule has 1 aromatic rings. The fraction of sp³-hybridized carbons (Fsp3) is 0.300. The first kappa shape index (κ1) is 10.4. The van der Waals surface area contributed by atoms with E-state index in [9.17, 15) is 9.90 Å². The van der Waals surface area contributed by atoms with Gasteiger partial charge in [0.15, 0.2) is 11.5 Å². The lowest BCUT2D eigenvalue weighted by Gasteiger charge is -2.11. The van der Waals surface area contributed by atoms with E-state index < -0.39 is 5.97 Å². The summed E-state index contributed by atoms with van der Waals surface area (Å²) < 4.78 is 5.22. The Balaban J connectivity index is 3.02. The maximum Gasteiger partial charge on any atom is 0.335 e. The van der Waals surface area contributed by atoms with Crippen LogP contribution in [0, 0.1) is 0 Å². The Morgan fingerprint density at radius 3 is 2.57 bits per heavy atom. The van der Waals surface area contributed by atoms with Crippen molar-refractivity contribution in [1.82, 2.24) is 0 Å². The molecule has 0 saturated carbocycles. The van der Waals surface area contributed by atoms with Crippen molar-refractivity contribution < 1.29 is 19.7 Å². The lowest BCUT2D eigenvalue weighted by atomic mass is 10.2. The standard InChI is InChI=1S/C10H12O4/c1-6(2)14-9-5-7(10(12)13)3-4-8(9)11/h3-6,11H,1-2H3,(H,12,13). The van der Waals surface area contributed by atoms with Crippen LogP contribution >= 0.6 is 0 Å². The Morgan fingerprint density at radius 1 is 1.43 bits per heavy atom. The van der Waals surface area contributed by atoms with E-state index in [0.29, 0.717) is 0 Å². The van der Waals surface area contributed by atoms with Crippen molar-refractivity contribution in [3.8, 4) is 11.5 Å². The second-order valence-electron chi connectivity index (χ2n) is 3.15. The highest BCUT2D eigenvalue weighted by Gasteiger charge is 2.09. The van der Waals surface area contributed by atoms with Crippen LogP contribution in [0.3, 0.4) is 0 Å². The summed E-state index contributed by atoms with van der Waals surface area (Å²) in [6.07, 6.45) is -0.107. The van der Waals surface area contributed by atoms with Gasteiger partial charge in [0.2, 0.25) is 0 Å². The molecule has 2 N–H and O–H groups in total. The highest BCUT2D eigenvalue weighted by atomic mass is 16.5. The molecule has 76 valence electrons. The number of hydrogen-bond acceptors (Lipinski definition) is 3. The van der Waals surface area contributed by atoms with E-state index in [4.69, 9.17) is 9.84 Å². The smallest absolute Gasteiger partial charge is 0.335 e. The minimum Gasteiger partial charge on any atom is -0.504 e. The number of benzene rings is 1. The van der Waals surface area contributed by atoms with E-state index in [0.717, 1.165) is 0 Å². The van der Waals surface area contributed by atoms with Crippen LogP contribution in [0.4, 0.5) is 0 Å². The van der Waals surface area contributed by atoms with Gasteiger partial charge >= 0.3 is 5.97 Å². The number of phenols is 1. The van der Waals surface area contributed by atoms with E-state index in [1.807, 2.05) is 0 Å². The van der Waals surface area contributed by atoms with Gasteiger partial charge in [-0.2, -0.15) is 0 Å². The minimum atomic E-state index is -1.04. The zero-order chi connectivity index (χ0) is 10.7. The first-order valence-electron chi connectivity index (χ1n) is 4.23. The van der Waals surface area contributed by atoms with Gasteiger partial charge in [-0.25, -0.2) is 4.79 Å². The number of phenolic OH excluding ortho intramolecular Hbond substituents is 1. The lowest BCUT2D eigenvalue weighted by Crippen LogP contribution is -2.06. The van der Waals surface area contributed by atoms with Gasteiger partial charge in [-0.1, -0.05) is 0 Å². The number of carboxylic acids is 1. The Labute approximate surface area is 81.8 Å². The SMILES string of the molecule is CC(C)Oc1cc(C(=O)O)ccc1O. The summed E-state index contributed by atoms with van der Waals surface area (Å²) in [5.41, 5.74) is 0.0958. The van der Waals surface area contributed by atoms with Gasteiger partial charge in [0, 0.05) is 0 Å². The second kappa shape index (κ2) is 4.00. The molecule has 0 aliphatic carbocycles. The summed E-state index contributed by atoms with van der Waals surface area (Å²) in [4.78, 5) is 10.6. The van der Waals surface area contributed by atoms with Crippen LogP contribution < -0.4 is 4.74 Å². The molecule has 4 heteroatoms. The Bertz CT molecular complexity index is 344. The molecule has 0 amide bonds. The first-order chi connectivity index (χ1) is 6.50. The molecule has 0 spiro atoms. The molecular weight excluding hydrogens is 184 g/mol. The van der Waals surface area contributed by atoms with Crippen LogP contribution in [0.5, 0.6) is 11.5 Å². The van der Waals surface area contributed by atoms with E-state index in [-0.39, 0.29) is 23.2 Å². The van der Waals surface area contributed by atoms with Gasteiger partial charge in [-0.3, -0.25) is 0 Å². The molecule has 0 saturated heterocycles. The quantitative estimate of drug-likeness (QED) is 0.774. The summed E-state index contributed by atoms with van der Waals surface area (Å²) in [5.74, 6) is -0.901. The van der Waals surface area contributed by atoms with Crippen molar-refractivity contribution in [1.29, 1.82) is 0 Å². The maximum atomic E-state index is 10.6. The van der Waals surface area contributed by atoms with Gasteiger partial charge in [-0.05, 0) is 32.0 Å². The van der Waals surface area contributed by atoms with Crippen molar-refractivity contribution in [2.24, 2.45) is 0 Å². The van der Waals surface area contributed by atoms with E-state index >= 15 is 0 Å². The second-order valence-corrected chi connectivity index (χ2v) is 3.15. The van der Waals surface area contributed by atoms with E-state index in [1.54, 1.807) is 13.8 Å². The fourth-order valence-electron chi connectivity index (χ4n) is 0.995. The van der Waals surface area contributed by atoms with Crippen LogP contribution in [0.25, 0.3) is 0 Å². The predicted octanol–water partition coefficient (Wildman–Crippen LogP) is 1.88. The third kappa shape index (κ3) is 2.39. The Kier molecular flexibility index (Phi) is 2.96. The number of carboxylic acid groups (broad SMARTS) is 1.